The second kappa shape index (κ2) is 4.85. The molecule has 0 saturated carbocycles. The molecule has 1 heterocycles. The summed E-state index contributed by atoms with van der Waals surface area (Å²) in [4.78, 5) is 4.86. The summed E-state index contributed by atoms with van der Waals surface area (Å²) in [7, 11) is 0. The lowest BCUT2D eigenvalue weighted by molar-refractivity contribution is -0.137. The van der Waals surface area contributed by atoms with Crippen LogP contribution < -0.4 is 5.73 Å². The van der Waals surface area contributed by atoms with E-state index in [2.05, 4.69) is 5.16 Å². The van der Waals surface area contributed by atoms with E-state index in [0.717, 1.165) is 12.1 Å². The summed E-state index contributed by atoms with van der Waals surface area (Å²) in [6, 6.07) is 4.60. The van der Waals surface area contributed by atoms with Crippen molar-refractivity contribution in [2.75, 3.05) is 13.2 Å². The van der Waals surface area contributed by atoms with Crippen molar-refractivity contribution in [3.05, 3.63) is 35.4 Å². The van der Waals surface area contributed by atoms with Gasteiger partial charge >= 0.3 is 6.18 Å². The van der Waals surface area contributed by atoms with Gasteiger partial charge in [0.2, 0.25) is 0 Å². The summed E-state index contributed by atoms with van der Waals surface area (Å²) in [5.41, 5.74) is 4.92. The Morgan fingerprint density at radius 2 is 2.22 bits per heavy atom. The van der Waals surface area contributed by atoms with E-state index in [1.807, 2.05) is 0 Å². The number of epoxide rings is 1. The van der Waals surface area contributed by atoms with E-state index in [4.69, 9.17) is 15.3 Å². The van der Waals surface area contributed by atoms with Gasteiger partial charge < -0.3 is 15.3 Å². The first-order chi connectivity index (χ1) is 8.47. The first-order valence-electron chi connectivity index (χ1n) is 5.21. The van der Waals surface area contributed by atoms with E-state index in [0.29, 0.717) is 6.61 Å². The Morgan fingerprint density at radius 3 is 2.83 bits per heavy atom. The summed E-state index contributed by atoms with van der Waals surface area (Å²) >= 11 is 0. The average molecular weight is 260 g/mol. The predicted molar refractivity (Wildman–Crippen MR) is 57.9 cm³/mol. The highest BCUT2D eigenvalue weighted by atomic mass is 19.4. The first kappa shape index (κ1) is 12.7. The Morgan fingerprint density at radius 1 is 1.50 bits per heavy atom. The molecule has 1 saturated heterocycles. The Hall–Kier alpha value is -1.76. The van der Waals surface area contributed by atoms with Gasteiger partial charge in [0.15, 0.2) is 5.84 Å². The van der Waals surface area contributed by atoms with Crippen LogP contribution in [-0.4, -0.2) is 25.2 Å². The Kier molecular flexibility index (Phi) is 3.42. The summed E-state index contributed by atoms with van der Waals surface area (Å²) < 4.78 is 42.3. The molecule has 98 valence electrons. The van der Waals surface area contributed by atoms with E-state index < -0.39 is 11.7 Å². The third-order valence-corrected chi connectivity index (χ3v) is 2.31. The Labute approximate surface area is 101 Å². The number of nitrogens with zero attached hydrogens (tertiary/aromatic N) is 1. The predicted octanol–water partition coefficient (Wildman–Crippen LogP) is 1.74. The van der Waals surface area contributed by atoms with E-state index in [1.165, 1.54) is 12.1 Å². The molecule has 1 aliphatic rings. The third-order valence-electron chi connectivity index (χ3n) is 2.31. The van der Waals surface area contributed by atoms with Gasteiger partial charge in [0.25, 0.3) is 0 Å². The second-order valence-corrected chi connectivity index (χ2v) is 3.81. The Bertz CT molecular complexity index is 456. The normalized spacial score (nSPS) is 19.7. The van der Waals surface area contributed by atoms with Gasteiger partial charge in [-0.2, -0.15) is 13.2 Å². The van der Waals surface area contributed by atoms with Crippen LogP contribution in [0.4, 0.5) is 13.2 Å². The van der Waals surface area contributed by atoms with E-state index >= 15 is 0 Å². The lowest BCUT2D eigenvalue weighted by Gasteiger charge is -2.08. The molecule has 1 fully saturated rings. The lowest BCUT2D eigenvalue weighted by atomic mass is 10.1. The fraction of sp³-hybridized carbons (Fsp3) is 0.364. The molecule has 0 aliphatic carbocycles. The molecule has 2 N–H and O–H groups in total. The third kappa shape index (κ3) is 3.36. The monoisotopic (exact) mass is 260 g/mol. The van der Waals surface area contributed by atoms with E-state index in [-0.39, 0.29) is 24.1 Å². The van der Waals surface area contributed by atoms with Crippen LogP contribution >= 0.6 is 0 Å². The molecule has 0 spiro atoms. The molecule has 1 aromatic carbocycles. The van der Waals surface area contributed by atoms with Crippen LogP contribution in [0.5, 0.6) is 0 Å². The largest absolute Gasteiger partial charge is 0.416 e. The first-order valence-corrected chi connectivity index (χ1v) is 5.21. The number of benzene rings is 1. The SMILES string of the molecule is N/C(=N\OCC1CO1)c1cccc(C(F)(F)F)c1. The van der Waals surface area contributed by atoms with Crippen LogP contribution in [0.15, 0.2) is 29.4 Å². The van der Waals surface area contributed by atoms with Crippen molar-refractivity contribution >= 4 is 5.84 Å². The lowest BCUT2D eigenvalue weighted by Crippen LogP contribution is -2.16. The molecule has 0 amide bonds. The van der Waals surface area contributed by atoms with Crippen molar-refractivity contribution in [3.8, 4) is 0 Å². The molecular weight excluding hydrogens is 249 g/mol. The number of nitrogens with two attached hydrogens (primary N) is 1. The van der Waals surface area contributed by atoms with E-state index in [9.17, 15) is 13.2 Å². The van der Waals surface area contributed by atoms with Gasteiger partial charge in [0.1, 0.15) is 12.7 Å². The van der Waals surface area contributed by atoms with Crippen LogP contribution in [-0.2, 0) is 15.8 Å². The van der Waals surface area contributed by atoms with Gasteiger partial charge in [-0.05, 0) is 12.1 Å². The molecule has 18 heavy (non-hydrogen) atoms. The van der Waals surface area contributed by atoms with Crippen LogP contribution in [0, 0.1) is 0 Å². The van der Waals surface area contributed by atoms with Crippen molar-refractivity contribution in [1.29, 1.82) is 0 Å². The van der Waals surface area contributed by atoms with Gasteiger partial charge in [0, 0.05) is 5.56 Å². The zero-order chi connectivity index (χ0) is 13.2. The molecule has 0 radical (unpaired) electrons. The molecule has 1 atom stereocenters. The molecule has 7 heteroatoms. The van der Waals surface area contributed by atoms with Gasteiger partial charge in [-0.25, -0.2) is 0 Å². The quantitative estimate of drug-likeness (QED) is 0.388. The van der Waals surface area contributed by atoms with E-state index in [1.54, 1.807) is 0 Å². The molecule has 1 unspecified atom stereocenters. The molecule has 4 nitrogen and oxygen atoms in total. The molecule has 0 bridgehead atoms. The highest BCUT2D eigenvalue weighted by molar-refractivity contribution is 5.97. The second-order valence-electron chi connectivity index (χ2n) is 3.81. The maximum atomic E-state index is 12.5. The molecular formula is C11H11F3N2O2. The number of ether oxygens (including phenoxy) is 1. The minimum Gasteiger partial charge on any atom is -0.391 e. The number of halogens is 3. The minimum absolute atomic E-state index is 0.0167. The number of hydrogen-bond donors (Lipinski definition) is 1. The van der Waals surface area contributed by atoms with Crippen LogP contribution in [0.1, 0.15) is 11.1 Å². The van der Waals surface area contributed by atoms with Crippen molar-refractivity contribution in [2.24, 2.45) is 10.9 Å². The molecule has 0 aromatic heterocycles. The van der Waals surface area contributed by atoms with Crippen molar-refractivity contribution < 1.29 is 22.7 Å². The minimum atomic E-state index is -4.40. The fourth-order valence-electron chi connectivity index (χ4n) is 1.26. The number of amidine groups is 1. The number of alkyl halides is 3. The maximum Gasteiger partial charge on any atom is 0.416 e. The van der Waals surface area contributed by atoms with Crippen molar-refractivity contribution in [3.63, 3.8) is 0 Å². The number of rotatable bonds is 4. The zero-order valence-corrected chi connectivity index (χ0v) is 9.28. The van der Waals surface area contributed by atoms with Crippen LogP contribution in [0.3, 0.4) is 0 Å². The molecule has 1 aromatic rings. The van der Waals surface area contributed by atoms with Crippen molar-refractivity contribution in [2.45, 2.75) is 12.3 Å². The highest BCUT2D eigenvalue weighted by Gasteiger charge is 2.30. The van der Waals surface area contributed by atoms with Crippen molar-refractivity contribution in [1.82, 2.24) is 0 Å². The van der Waals surface area contributed by atoms with Crippen LogP contribution in [0.2, 0.25) is 0 Å². The topological polar surface area (TPSA) is 60.1 Å². The van der Waals surface area contributed by atoms with Gasteiger partial charge in [-0.3, -0.25) is 0 Å². The maximum absolute atomic E-state index is 12.5. The Balaban J connectivity index is 2.06. The zero-order valence-electron chi connectivity index (χ0n) is 9.28. The van der Waals surface area contributed by atoms with Gasteiger partial charge in [-0.1, -0.05) is 17.3 Å². The fourth-order valence-corrected chi connectivity index (χ4v) is 1.26. The van der Waals surface area contributed by atoms with Crippen LogP contribution in [0.25, 0.3) is 0 Å². The highest BCUT2D eigenvalue weighted by Crippen LogP contribution is 2.29. The smallest absolute Gasteiger partial charge is 0.391 e. The summed E-state index contributed by atoms with van der Waals surface area (Å²) in [6.07, 6.45) is -4.39. The van der Waals surface area contributed by atoms with Gasteiger partial charge in [0.05, 0.1) is 12.2 Å². The average Bonchev–Trinajstić information content (AvgIpc) is 3.12. The van der Waals surface area contributed by atoms with Gasteiger partial charge in [-0.15, -0.1) is 0 Å². The number of oxime groups is 1. The summed E-state index contributed by atoms with van der Waals surface area (Å²) in [5, 5.41) is 3.54. The summed E-state index contributed by atoms with van der Waals surface area (Å²) in [6.45, 7) is 0.860. The molecule has 2 rings (SSSR count). The standard InChI is InChI=1S/C11H11F3N2O2/c12-11(13,14)8-3-1-2-7(4-8)10(15)16-18-6-9-5-17-9/h1-4,9H,5-6H2,(H2,15,16). The molecule has 1 aliphatic heterocycles. The number of hydrogen-bond acceptors (Lipinski definition) is 3. The summed E-state index contributed by atoms with van der Waals surface area (Å²) in [5.74, 6) is -0.0956.